The molecule has 0 aliphatic carbocycles. The first-order valence-electron chi connectivity index (χ1n) is 5.70. The molecule has 1 aromatic carbocycles. The molecule has 1 aromatic rings. The second-order valence-corrected chi connectivity index (χ2v) is 5.89. The van der Waals surface area contributed by atoms with Crippen LogP contribution in [0.1, 0.15) is 12.5 Å². The first-order chi connectivity index (χ1) is 8.63. The fourth-order valence-corrected chi connectivity index (χ4v) is 3.45. The Morgan fingerprint density at radius 3 is 2.78 bits per heavy atom. The van der Waals surface area contributed by atoms with Gasteiger partial charge in [0.15, 0.2) is 6.04 Å². The van der Waals surface area contributed by atoms with Crippen molar-refractivity contribution in [2.45, 2.75) is 24.5 Å². The Kier molecular flexibility index (Phi) is 3.05. The molecule has 3 unspecified atom stereocenters. The van der Waals surface area contributed by atoms with Crippen LogP contribution in [-0.2, 0) is 4.79 Å². The van der Waals surface area contributed by atoms with Gasteiger partial charge in [0.2, 0.25) is 5.91 Å². The van der Waals surface area contributed by atoms with Gasteiger partial charge in [-0.15, -0.1) is 0 Å². The van der Waals surface area contributed by atoms with Crippen LogP contribution in [0, 0.1) is 0 Å². The lowest BCUT2D eigenvalue weighted by atomic mass is 10.2. The summed E-state index contributed by atoms with van der Waals surface area (Å²) in [5.74, 6) is -0.0114. The monoisotopic (exact) mass is 281 g/mol. The molecule has 2 aliphatic rings. The van der Waals surface area contributed by atoms with Crippen LogP contribution >= 0.6 is 23.4 Å². The van der Waals surface area contributed by atoms with Gasteiger partial charge in [0.25, 0.3) is 0 Å². The molecule has 2 aliphatic heterocycles. The van der Waals surface area contributed by atoms with Crippen LogP contribution < -0.4 is 10.6 Å². The Morgan fingerprint density at radius 2 is 2.06 bits per heavy atom. The number of fused-ring (bicyclic) bond motifs is 1. The van der Waals surface area contributed by atoms with Gasteiger partial charge in [-0.05, 0) is 19.1 Å². The number of aliphatic imine (C=N–C) groups is 1. The Morgan fingerprint density at radius 1 is 1.33 bits per heavy atom. The van der Waals surface area contributed by atoms with E-state index in [1.807, 2.05) is 31.2 Å². The molecule has 2 N–H and O–H groups in total. The van der Waals surface area contributed by atoms with E-state index in [4.69, 9.17) is 11.6 Å². The first kappa shape index (κ1) is 12.0. The minimum absolute atomic E-state index is 0.00832. The van der Waals surface area contributed by atoms with Crippen LogP contribution in [0.4, 0.5) is 0 Å². The number of thioether (sulfide) groups is 1. The van der Waals surface area contributed by atoms with Gasteiger partial charge in [0, 0.05) is 10.6 Å². The van der Waals surface area contributed by atoms with E-state index in [2.05, 4.69) is 15.6 Å². The van der Waals surface area contributed by atoms with E-state index < -0.39 is 0 Å². The van der Waals surface area contributed by atoms with Crippen molar-refractivity contribution in [3.05, 3.63) is 34.9 Å². The quantitative estimate of drug-likeness (QED) is 0.822. The highest BCUT2D eigenvalue weighted by Gasteiger charge is 2.40. The molecule has 18 heavy (non-hydrogen) atoms. The molecule has 0 radical (unpaired) electrons. The van der Waals surface area contributed by atoms with E-state index in [0.29, 0.717) is 5.02 Å². The summed E-state index contributed by atoms with van der Waals surface area (Å²) in [4.78, 5) is 16.3. The van der Waals surface area contributed by atoms with Gasteiger partial charge in [-0.2, -0.15) is 0 Å². The number of hydrogen-bond acceptors (Lipinski definition) is 4. The predicted octanol–water partition coefficient (Wildman–Crippen LogP) is 1.59. The number of benzene rings is 1. The van der Waals surface area contributed by atoms with E-state index in [1.54, 1.807) is 11.8 Å². The lowest BCUT2D eigenvalue weighted by Gasteiger charge is -2.29. The maximum absolute atomic E-state index is 11.8. The number of rotatable bonds is 1. The highest BCUT2D eigenvalue weighted by Crippen LogP contribution is 2.31. The summed E-state index contributed by atoms with van der Waals surface area (Å²) in [5, 5.41) is 7.76. The van der Waals surface area contributed by atoms with Gasteiger partial charge in [0.1, 0.15) is 5.04 Å². The second-order valence-electron chi connectivity index (χ2n) is 4.32. The summed E-state index contributed by atoms with van der Waals surface area (Å²) in [6, 6.07) is 7.17. The van der Waals surface area contributed by atoms with Gasteiger partial charge in [-0.25, -0.2) is 0 Å². The Bertz CT molecular complexity index is 517. The molecule has 2 heterocycles. The Balaban J connectivity index is 1.86. The minimum Gasteiger partial charge on any atom is -0.339 e. The number of amides is 1. The molecule has 1 amide bonds. The number of carbonyl (C=O) groups excluding carboxylic acids is 1. The smallest absolute Gasteiger partial charge is 0.248 e. The average molecular weight is 282 g/mol. The molecule has 0 aromatic heterocycles. The number of nitrogens with one attached hydrogen (secondary N) is 2. The van der Waals surface area contributed by atoms with Crippen molar-refractivity contribution in [2.24, 2.45) is 4.99 Å². The fraction of sp³-hybridized carbons (Fsp3) is 0.333. The summed E-state index contributed by atoms with van der Waals surface area (Å²) in [7, 11) is 0. The normalized spacial score (nSPS) is 30.7. The zero-order chi connectivity index (χ0) is 12.7. The van der Waals surface area contributed by atoms with E-state index in [1.165, 1.54) is 0 Å². The van der Waals surface area contributed by atoms with Crippen molar-refractivity contribution in [3.8, 4) is 0 Å². The summed E-state index contributed by atoms with van der Waals surface area (Å²) < 4.78 is 0. The molecule has 94 valence electrons. The van der Waals surface area contributed by atoms with Gasteiger partial charge < -0.3 is 5.32 Å². The molecule has 0 bridgehead atoms. The van der Waals surface area contributed by atoms with Crippen LogP contribution in [0.5, 0.6) is 0 Å². The zero-order valence-electron chi connectivity index (χ0n) is 9.68. The molecule has 0 saturated carbocycles. The summed E-state index contributed by atoms with van der Waals surface area (Å²) in [5.41, 5.74) is 1.00. The highest BCUT2D eigenvalue weighted by molar-refractivity contribution is 8.15. The van der Waals surface area contributed by atoms with Crippen LogP contribution in [0.2, 0.25) is 5.02 Å². The average Bonchev–Trinajstić information content (AvgIpc) is 2.74. The number of carbonyl (C=O) groups is 1. The lowest BCUT2D eigenvalue weighted by molar-refractivity contribution is -0.124. The summed E-state index contributed by atoms with van der Waals surface area (Å²) in [6.45, 7) is 1.93. The third kappa shape index (κ3) is 2.13. The van der Waals surface area contributed by atoms with E-state index in [0.717, 1.165) is 10.6 Å². The molecular formula is C12H12ClN3OS. The molecule has 4 nitrogen and oxygen atoms in total. The molecule has 0 spiro atoms. The molecule has 3 atom stereocenters. The van der Waals surface area contributed by atoms with Crippen LogP contribution in [0.3, 0.4) is 0 Å². The highest BCUT2D eigenvalue weighted by atomic mass is 35.5. The van der Waals surface area contributed by atoms with Crippen LogP contribution in [0.25, 0.3) is 0 Å². The standard InChI is InChI=1S/C12H12ClN3OS/c1-6-14-10(17)9-12(15-6)18-11(16-9)7-2-4-8(13)5-3-7/h2-6,9,12,15H,1H3,(H,14,17). The van der Waals surface area contributed by atoms with Crippen molar-refractivity contribution >= 4 is 34.3 Å². The maximum atomic E-state index is 11.8. The van der Waals surface area contributed by atoms with E-state index in [-0.39, 0.29) is 23.5 Å². The third-order valence-corrected chi connectivity index (χ3v) is 4.38. The Hall–Kier alpha value is -1.04. The van der Waals surface area contributed by atoms with Gasteiger partial charge in [-0.3, -0.25) is 15.1 Å². The van der Waals surface area contributed by atoms with E-state index >= 15 is 0 Å². The van der Waals surface area contributed by atoms with Crippen LogP contribution in [-0.4, -0.2) is 28.5 Å². The van der Waals surface area contributed by atoms with E-state index in [9.17, 15) is 4.79 Å². The number of halogens is 1. The maximum Gasteiger partial charge on any atom is 0.248 e. The van der Waals surface area contributed by atoms with Gasteiger partial charge in [-0.1, -0.05) is 35.5 Å². The number of hydrogen-bond donors (Lipinski definition) is 2. The van der Waals surface area contributed by atoms with Crippen molar-refractivity contribution < 1.29 is 4.79 Å². The first-order valence-corrected chi connectivity index (χ1v) is 6.96. The van der Waals surface area contributed by atoms with Crippen molar-refractivity contribution in [1.82, 2.24) is 10.6 Å². The van der Waals surface area contributed by atoms with Crippen molar-refractivity contribution in [2.75, 3.05) is 0 Å². The summed E-state index contributed by atoms with van der Waals surface area (Å²) in [6.07, 6.45) is -0.00832. The lowest BCUT2D eigenvalue weighted by Crippen LogP contribution is -2.59. The number of nitrogens with zero attached hydrogens (tertiary/aromatic N) is 1. The molecule has 3 rings (SSSR count). The second kappa shape index (κ2) is 4.57. The third-order valence-electron chi connectivity index (χ3n) is 2.91. The molecular weight excluding hydrogens is 270 g/mol. The Labute approximate surface area is 114 Å². The minimum atomic E-state index is -0.336. The topological polar surface area (TPSA) is 53.5 Å². The van der Waals surface area contributed by atoms with Crippen LogP contribution in [0.15, 0.2) is 29.3 Å². The van der Waals surface area contributed by atoms with Gasteiger partial charge in [0.05, 0.1) is 11.5 Å². The van der Waals surface area contributed by atoms with Crippen molar-refractivity contribution in [1.29, 1.82) is 0 Å². The van der Waals surface area contributed by atoms with Crippen molar-refractivity contribution in [3.63, 3.8) is 0 Å². The van der Waals surface area contributed by atoms with Gasteiger partial charge >= 0.3 is 0 Å². The summed E-state index contributed by atoms with van der Waals surface area (Å²) >= 11 is 7.46. The molecule has 1 saturated heterocycles. The zero-order valence-corrected chi connectivity index (χ0v) is 11.3. The largest absolute Gasteiger partial charge is 0.339 e. The predicted molar refractivity (Wildman–Crippen MR) is 73.9 cm³/mol. The fourth-order valence-electron chi connectivity index (χ4n) is 2.05. The SMILES string of the molecule is CC1NC(=O)C2N=C(c3ccc(Cl)cc3)SC2N1. The molecule has 6 heteroatoms. The molecule has 1 fully saturated rings.